The molecule has 0 bridgehead atoms. The fourth-order valence-corrected chi connectivity index (χ4v) is 4.18. The van der Waals surface area contributed by atoms with Gasteiger partial charge in [-0.1, -0.05) is 12.6 Å². The van der Waals surface area contributed by atoms with Crippen LogP contribution in [0.1, 0.15) is 29.5 Å². The molecule has 1 saturated carbocycles. The van der Waals surface area contributed by atoms with Gasteiger partial charge in [0.1, 0.15) is 5.82 Å². The lowest BCUT2D eigenvalue weighted by Crippen LogP contribution is -2.16. The van der Waals surface area contributed by atoms with Gasteiger partial charge in [-0.05, 0) is 55.7 Å². The molecule has 160 valence electrons. The van der Waals surface area contributed by atoms with Gasteiger partial charge in [0.25, 0.3) is 0 Å². The van der Waals surface area contributed by atoms with Gasteiger partial charge in [0.05, 0.1) is 5.52 Å². The lowest BCUT2D eigenvalue weighted by atomic mass is 10.1. The predicted molar refractivity (Wildman–Crippen MR) is 124 cm³/mol. The predicted octanol–water partition coefficient (Wildman–Crippen LogP) is 4.66. The molecule has 2 aromatic heterocycles. The molecule has 0 atom stereocenters. The van der Waals surface area contributed by atoms with Crippen LogP contribution in [0.15, 0.2) is 58.4 Å². The summed E-state index contributed by atoms with van der Waals surface area (Å²) in [7, 11) is 0. The highest BCUT2D eigenvalue weighted by molar-refractivity contribution is 5.78. The van der Waals surface area contributed by atoms with E-state index in [1.54, 1.807) is 12.3 Å². The van der Waals surface area contributed by atoms with E-state index in [-0.39, 0.29) is 0 Å². The molecule has 0 radical (unpaired) electrons. The minimum absolute atomic E-state index is 0.472. The maximum Gasteiger partial charge on any atom is 0.417 e. The Morgan fingerprint density at radius 1 is 1.16 bits per heavy atom. The molecule has 2 aromatic carbocycles. The second-order valence-corrected chi connectivity index (χ2v) is 8.38. The number of benzene rings is 2. The zero-order chi connectivity index (χ0) is 21.8. The number of oxazole rings is 1. The van der Waals surface area contributed by atoms with E-state index >= 15 is 0 Å². The average molecular weight is 426 g/mol. The van der Waals surface area contributed by atoms with Gasteiger partial charge >= 0.3 is 5.76 Å². The largest absolute Gasteiger partial charge is 0.417 e. The second kappa shape index (κ2) is 6.98. The lowest BCUT2D eigenvalue weighted by molar-refractivity contribution is 0.401. The van der Waals surface area contributed by atoms with Crippen LogP contribution in [0.3, 0.4) is 0 Å². The topological polar surface area (TPSA) is 99.1 Å². The summed E-state index contributed by atoms with van der Waals surface area (Å²) in [4.78, 5) is 25.6. The minimum atomic E-state index is -0.472. The summed E-state index contributed by atoms with van der Waals surface area (Å²) in [5.41, 5.74) is 7.42. The Kier molecular flexibility index (Phi) is 4.07. The van der Waals surface area contributed by atoms with Gasteiger partial charge < -0.3 is 20.0 Å². The molecule has 6 rings (SSSR count). The normalized spacial score (nSPS) is 15.3. The van der Waals surface area contributed by atoms with Crippen LogP contribution in [0.2, 0.25) is 0 Å². The Morgan fingerprint density at radius 2 is 1.97 bits per heavy atom. The second-order valence-electron chi connectivity index (χ2n) is 8.38. The summed E-state index contributed by atoms with van der Waals surface area (Å²) < 4.78 is 5.06. The molecule has 8 heteroatoms. The molecule has 2 aliphatic rings. The number of fused-ring (bicyclic) bond motifs is 2. The van der Waals surface area contributed by atoms with Gasteiger partial charge in [-0.2, -0.15) is 4.98 Å². The summed E-state index contributed by atoms with van der Waals surface area (Å²) in [5.74, 6) is 0.717. The van der Waals surface area contributed by atoms with Crippen molar-refractivity contribution in [2.24, 2.45) is 0 Å². The number of nitrogens with one attached hydrogen (secondary N) is 3. The molecule has 4 aromatic rings. The molecular formula is C24H22N6O2. The SMILES string of the molecule is C=C1c2ccc(Nc3ncc(C)c(Nc4ccc5oc(=O)[nH]c5c4)n3)cc2CN1C1CC1. The number of anilines is 4. The molecule has 8 nitrogen and oxygen atoms in total. The van der Waals surface area contributed by atoms with E-state index in [1.807, 2.05) is 25.1 Å². The molecular weight excluding hydrogens is 404 g/mol. The number of rotatable bonds is 5. The molecule has 0 amide bonds. The van der Waals surface area contributed by atoms with Gasteiger partial charge in [0.2, 0.25) is 5.95 Å². The molecule has 0 unspecified atom stereocenters. The highest BCUT2D eigenvalue weighted by atomic mass is 16.4. The summed E-state index contributed by atoms with van der Waals surface area (Å²) >= 11 is 0. The van der Waals surface area contributed by atoms with Crippen molar-refractivity contribution in [2.75, 3.05) is 10.6 Å². The van der Waals surface area contributed by atoms with Crippen LogP contribution >= 0.6 is 0 Å². The zero-order valence-corrected chi connectivity index (χ0v) is 17.6. The van der Waals surface area contributed by atoms with E-state index in [4.69, 9.17) is 4.42 Å². The van der Waals surface area contributed by atoms with Crippen LogP contribution in [-0.2, 0) is 6.54 Å². The van der Waals surface area contributed by atoms with Crippen molar-refractivity contribution in [3.05, 3.63) is 76.4 Å². The van der Waals surface area contributed by atoms with E-state index < -0.39 is 5.76 Å². The van der Waals surface area contributed by atoms with Crippen molar-refractivity contribution in [1.82, 2.24) is 19.9 Å². The number of aromatic nitrogens is 3. The van der Waals surface area contributed by atoms with Crippen LogP contribution in [-0.4, -0.2) is 25.9 Å². The highest BCUT2D eigenvalue weighted by Gasteiger charge is 2.34. The lowest BCUT2D eigenvalue weighted by Gasteiger charge is -2.17. The molecule has 1 aliphatic carbocycles. The quantitative estimate of drug-likeness (QED) is 0.427. The first-order chi connectivity index (χ1) is 15.5. The summed E-state index contributed by atoms with van der Waals surface area (Å²) in [6.45, 7) is 7.13. The number of hydrogen-bond acceptors (Lipinski definition) is 7. The fraction of sp³-hybridized carbons (Fsp3) is 0.208. The molecule has 3 heterocycles. The molecule has 3 N–H and O–H groups in total. The van der Waals surface area contributed by atoms with E-state index in [9.17, 15) is 4.79 Å². The Labute approximate surface area is 184 Å². The Morgan fingerprint density at radius 3 is 2.81 bits per heavy atom. The number of H-pyrrole nitrogens is 1. The zero-order valence-electron chi connectivity index (χ0n) is 17.6. The first-order valence-corrected chi connectivity index (χ1v) is 10.6. The first kappa shape index (κ1) is 18.7. The van der Waals surface area contributed by atoms with Gasteiger partial charge in [0, 0.05) is 47.0 Å². The van der Waals surface area contributed by atoms with Crippen molar-refractivity contribution in [3.8, 4) is 0 Å². The van der Waals surface area contributed by atoms with Crippen molar-refractivity contribution >= 4 is 39.9 Å². The smallest absolute Gasteiger partial charge is 0.408 e. The minimum Gasteiger partial charge on any atom is -0.408 e. The van der Waals surface area contributed by atoms with Crippen molar-refractivity contribution < 1.29 is 4.42 Å². The molecule has 1 aliphatic heterocycles. The van der Waals surface area contributed by atoms with Gasteiger partial charge in [-0.3, -0.25) is 4.98 Å². The van der Waals surface area contributed by atoms with Crippen LogP contribution in [0, 0.1) is 6.92 Å². The van der Waals surface area contributed by atoms with Gasteiger partial charge in [-0.25, -0.2) is 9.78 Å². The number of nitrogens with zero attached hydrogens (tertiary/aromatic N) is 3. The number of aromatic amines is 1. The van der Waals surface area contributed by atoms with Crippen LogP contribution < -0.4 is 16.4 Å². The van der Waals surface area contributed by atoms with Crippen molar-refractivity contribution in [3.63, 3.8) is 0 Å². The van der Waals surface area contributed by atoms with Crippen LogP contribution in [0.4, 0.5) is 23.1 Å². The first-order valence-electron chi connectivity index (χ1n) is 10.6. The Balaban J connectivity index is 1.24. The van der Waals surface area contributed by atoms with E-state index in [2.05, 4.69) is 49.2 Å². The standard InChI is InChI=1S/C24H22N6O2/c1-13-11-25-23(29-22(13)26-17-4-8-21-20(10-17)28-24(31)32-21)27-16-3-7-19-14(2)30(18-5-6-18)12-15(19)9-16/h3-4,7-11,18H,2,5-6,12H2,1H3,(H,28,31)(H2,25,26,27,29). The monoisotopic (exact) mass is 426 g/mol. The van der Waals surface area contributed by atoms with Gasteiger partial charge in [-0.15, -0.1) is 0 Å². The fourth-order valence-electron chi connectivity index (χ4n) is 4.18. The Bertz CT molecular complexity index is 1430. The van der Waals surface area contributed by atoms with Gasteiger partial charge in [0.15, 0.2) is 5.58 Å². The Hall–Kier alpha value is -4.07. The van der Waals surface area contributed by atoms with E-state index in [0.717, 1.165) is 29.2 Å². The third kappa shape index (κ3) is 3.30. The van der Waals surface area contributed by atoms with E-state index in [1.165, 1.54) is 24.0 Å². The maximum atomic E-state index is 11.4. The molecule has 1 fully saturated rings. The number of aryl methyl sites for hydroxylation is 1. The van der Waals surface area contributed by atoms with E-state index in [0.29, 0.717) is 28.9 Å². The maximum absolute atomic E-state index is 11.4. The molecule has 32 heavy (non-hydrogen) atoms. The molecule has 0 saturated heterocycles. The summed E-state index contributed by atoms with van der Waals surface area (Å²) in [5, 5.41) is 6.62. The number of hydrogen-bond donors (Lipinski definition) is 3. The summed E-state index contributed by atoms with van der Waals surface area (Å²) in [6.07, 6.45) is 4.30. The highest BCUT2D eigenvalue weighted by Crippen LogP contribution is 2.41. The average Bonchev–Trinajstić information content (AvgIpc) is 3.47. The third-order valence-corrected chi connectivity index (χ3v) is 6.00. The third-order valence-electron chi connectivity index (χ3n) is 6.00. The molecule has 0 spiro atoms. The van der Waals surface area contributed by atoms with Crippen molar-refractivity contribution in [2.45, 2.75) is 32.4 Å². The summed E-state index contributed by atoms with van der Waals surface area (Å²) in [6, 6.07) is 12.4. The van der Waals surface area contributed by atoms with Crippen LogP contribution in [0.25, 0.3) is 16.8 Å². The van der Waals surface area contributed by atoms with Crippen LogP contribution in [0.5, 0.6) is 0 Å². The van der Waals surface area contributed by atoms with Crippen molar-refractivity contribution in [1.29, 1.82) is 0 Å².